The molecule has 8 heteroatoms. The third-order valence-electron chi connectivity index (χ3n) is 4.38. The van der Waals surface area contributed by atoms with Crippen molar-refractivity contribution in [1.29, 1.82) is 0 Å². The maximum atomic E-state index is 4.61. The number of hydrogen-bond donors (Lipinski definition) is 2. The van der Waals surface area contributed by atoms with Gasteiger partial charge in [0.1, 0.15) is 5.82 Å². The van der Waals surface area contributed by atoms with Crippen LogP contribution in [0, 0.1) is 6.92 Å². The Kier molecular flexibility index (Phi) is 8.08. The average Bonchev–Trinajstić information content (AvgIpc) is 3.19. The van der Waals surface area contributed by atoms with Crippen LogP contribution in [0.25, 0.3) is 11.0 Å². The van der Waals surface area contributed by atoms with Crippen molar-refractivity contribution in [3.63, 3.8) is 0 Å². The molecule has 0 saturated heterocycles. The summed E-state index contributed by atoms with van der Waals surface area (Å²) in [5, 5.41) is 10.9. The average molecular weight is 481 g/mol. The number of para-hydroxylation sites is 2. The van der Waals surface area contributed by atoms with Gasteiger partial charge in [-0.3, -0.25) is 9.67 Å². The summed E-state index contributed by atoms with van der Waals surface area (Å²) in [4.78, 5) is 8.89. The lowest BCUT2D eigenvalue weighted by Crippen LogP contribution is -2.39. The highest BCUT2D eigenvalue weighted by Gasteiger charge is 2.06. The molecule has 0 spiro atoms. The second-order valence-electron chi connectivity index (χ2n) is 6.35. The number of guanidine groups is 1. The van der Waals surface area contributed by atoms with Crippen LogP contribution in [0.3, 0.4) is 0 Å². The number of nitrogens with one attached hydrogen (secondary N) is 2. The molecule has 0 bridgehead atoms. The van der Waals surface area contributed by atoms with Crippen LogP contribution in [-0.4, -0.2) is 45.4 Å². The molecule has 0 aliphatic rings. The maximum absolute atomic E-state index is 4.61. The van der Waals surface area contributed by atoms with E-state index < -0.39 is 0 Å². The second-order valence-corrected chi connectivity index (χ2v) is 6.35. The number of benzene rings is 1. The van der Waals surface area contributed by atoms with Crippen molar-refractivity contribution < 1.29 is 0 Å². The fourth-order valence-electron chi connectivity index (χ4n) is 3.07. The van der Waals surface area contributed by atoms with Gasteiger partial charge >= 0.3 is 0 Å². The summed E-state index contributed by atoms with van der Waals surface area (Å²) in [7, 11) is 3.73. The van der Waals surface area contributed by atoms with E-state index in [0.29, 0.717) is 0 Å². The summed E-state index contributed by atoms with van der Waals surface area (Å²) in [6.45, 7) is 4.69. The van der Waals surface area contributed by atoms with Crippen molar-refractivity contribution in [1.82, 2.24) is 30.0 Å². The second kappa shape index (κ2) is 10.3. The summed E-state index contributed by atoms with van der Waals surface area (Å²) in [6.07, 6.45) is 5.87. The van der Waals surface area contributed by atoms with E-state index >= 15 is 0 Å². The fourth-order valence-corrected chi connectivity index (χ4v) is 3.07. The molecule has 0 amide bonds. The van der Waals surface area contributed by atoms with Crippen molar-refractivity contribution >= 4 is 41.0 Å². The molecule has 146 valence electrons. The summed E-state index contributed by atoms with van der Waals surface area (Å²) in [5.74, 6) is 1.89. The van der Waals surface area contributed by atoms with Crippen LogP contribution < -0.4 is 10.6 Å². The Morgan fingerprint density at radius 1 is 1.19 bits per heavy atom. The number of halogens is 1. The third kappa shape index (κ3) is 5.69. The molecule has 0 unspecified atom stereocenters. The normalized spacial score (nSPS) is 11.4. The molecule has 0 aliphatic heterocycles. The van der Waals surface area contributed by atoms with Crippen molar-refractivity contribution in [2.45, 2.75) is 26.3 Å². The van der Waals surface area contributed by atoms with Crippen molar-refractivity contribution in [3.05, 3.63) is 48.0 Å². The first-order valence-corrected chi connectivity index (χ1v) is 9.01. The number of aromatic nitrogens is 4. The summed E-state index contributed by atoms with van der Waals surface area (Å²) >= 11 is 0. The van der Waals surface area contributed by atoms with Crippen molar-refractivity contribution in [2.24, 2.45) is 12.0 Å². The highest BCUT2D eigenvalue weighted by molar-refractivity contribution is 14.0. The molecule has 0 atom stereocenters. The van der Waals surface area contributed by atoms with Crippen molar-refractivity contribution in [3.8, 4) is 0 Å². The van der Waals surface area contributed by atoms with Crippen LogP contribution in [0.2, 0.25) is 0 Å². The molecule has 2 aromatic heterocycles. The van der Waals surface area contributed by atoms with Gasteiger partial charge in [0, 0.05) is 39.9 Å². The molecule has 3 rings (SSSR count). The first kappa shape index (κ1) is 21.2. The lowest BCUT2D eigenvalue weighted by atomic mass is 10.2. The maximum Gasteiger partial charge on any atom is 0.190 e. The quantitative estimate of drug-likeness (QED) is 0.236. The SMILES string of the molecule is CN=C(NCCCn1c(C)nc2ccccc21)NCCc1cnn(C)c1.I. The molecule has 1 aromatic carbocycles. The monoisotopic (exact) mass is 481 g/mol. The minimum absolute atomic E-state index is 0. The number of aliphatic imine (C=N–C) groups is 1. The van der Waals surface area contributed by atoms with Gasteiger partial charge in [-0.05, 0) is 37.5 Å². The molecule has 7 nitrogen and oxygen atoms in total. The van der Waals surface area contributed by atoms with E-state index in [1.54, 1.807) is 7.05 Å². The topological polar surface area (TPSA) is 72.1 Å². The first-order valence-electron chi connectivity index (χ1n) is 9.01. The van der Waals surface area contributed by atoms with E-state index in [4.69, 9.17) is 0 Å². The Hall–Kier alpha value is -2.10. The molecule has 0 radical (unpaired) electrons. The number of nitrogens with zero attached hydrogens (tertiary/aromatic N) is 5. The Morgan fingerprint density at radius 2 is 1.96 bits per heavy atom. The lowest BCUT2D eigenvalue weighted by Gasteiger charge is -2.12. The molecular formula is C19H28IN7. The molecule has 2 N–H and O–H groups in total. The Morgan fingerprint density at radius 3 is 2.70 bits per heavy atom. The van der Waals surface area contributed by atoms with E-state index in [2.05, 4.69) is 55.4 Å². The van der Waals surface area contributed by atoms with Gasteiger partial charge < -0.3 is 15.2 Å². The zero-order chi connectivity index (χ0) is 18.4. The summed E-state index contributed by atoms with van der Waals surface area (Å²) < 4.78 is 4.10. The largest absolute Gasteiger partial charge is 0.356 e. The number of hydrogen-bond acceptors (Lipinski definition) is 3. The van der Waals surface area contributed by atoms with E-state index in [1.807, 2.05) is 30.2 Å². The minimum atomic E-state index is 0. The standard InChI is InChI=1S/C19H27N7.HI/c1-15-24-17-7-4-5-8-18(17)26(15)12-6-10-21-19(20-2)22-11-9-16-13-23-25(3)14-16;/h4-5,7-8,13-14H,6,9-12H2,1-3H3,(H2,20,21,22);1H. The van der Waals surface area contributed by atoms with Crippen LogP contribution >= 0.6 is 24.0 Å². The minimum Gasteiger partial charge on any atom is -0.356 e. The van der Waals surface area contributed by atoms with Crippen LogP contribution in [0.1, 0.15) is 17.8 Å². The predicted octanol–water partition coefficient (Wildman–Crippen LogP) is 2.49. The highest BCUT2D eigenvalue weighted by atomic mass is 127. The molecule has 0 saturated carbocycles. The van der Waals surface area contributed by atoms with Crippen LogP contribution in [0.15, 0.2) is 41.7 Å². The number of aryl methyl sites for hydroxylation is 3. The molecule has 3 aromatic rings. The molecule has 27 heavy (non-hydrogen) atoms. The van der Waals surface area contributed by atoms with Gasteiger partial charge in [-0.15, -0.1) is 24.0 Å². The van der Waals surface area contributed by atoms with Gasteiger partial charge in [0.05, 0.1) is 17.2 Å². The first-order chi connectivity index (χ1) is 12.7. The highest BCUT2D eigenvalue weighted by Crippen LogP contribution is 2.15. The van der Waals surface area contributed by atoms with Gasteiger partial charge in [-0.1, -0.05) is 12.1 Å². The van der Waals surface area contributed by atoms with Crippen LogP contribution in [0.4, 0.5) is 0 Å². The number of rotatable bonds is 7. The van der Waals surface area contributed by atoms with Gasteiger partial charge in [0.2, 0.25) is 0 Å². The van der Waals surface area contributed by atoms with Gasteiger partial charge in [-0.2, -0.15) is 5.10 Å². The Balaban J connectivity index is 0.00000261. The molecular weight excluding hydrogens is 453 g/mol. The Labute approximate surface area is 177 Å². The van der Waals surface area contributed by atoms with Crippen molar-refractivity contribution in [2.75, 3.05) is 20.1 Å². The van der Waals surface area contributed by atoms with Crippen LogP contribution in [0.5, 0.6) is 0 Å². The number of fused-ring (bicyclic) bond motifs is 1. The number of imidazole rings is 1. The molecule has 2 heterocycles. The zero-order valence-electron chi connectivity index (χ0n) is 16.1. The van der Waals surface area contributed by atoms with E-state index in [-0.39, 0.29) is 24.0 Å². The van der Waals surface area contributed by atoms with E-state index in [1.165, 1.54) is 11.1 Å². The molecule has 0 fully saturated rings. The predicted molar refractivity (Wildman–Crippen MR) is 121 cm³/mol. The van der Waals surface area contributed by atoms with Gasteiger partial charge in [-0.25, -0.2) is 4.98 Å². The smallest absolute Gasteiger partial charge is 0.190 e. The van der Waals surface area contributed by atoms with Gasteiger partial charge in [0.15, 0.2) is 5.96 Å². The zero-order valence-corrected chi connectivity index (χ0v) is 18.5. The van der Waals surface area contributed by atoms with Crippen LogP contribution in [-0.2, 0) is 20.0 Å². The van der Waals surface area contributed by atoms with E-state index in [9.17, 15) is 0 Å². The summed E-state index contributed by atoms with van der Waals surface area (Å²) in [6, 6.07) is 8.28. The molecule has 0 aliphatic carbocycles. The van der Waals surface area contributed by atoms with E-state index in [0.717, 1.165) is 49.8 Å². The Bertz CT molecular complexity index is 881. The fraction of sp³-hybridized carbons (Fsp3) is 0.421. The summed E-state index contributed by atoms with van der Waals surface area (Å²) in [5.41, 5.74) is 3.48. The lowest BCUT2D eigenvalue weighted by molar-refractivity contribution is 0.624. The third-order valence-corrected chi connectivity index (χ3v) is 4.38. The van der Waals surface area contributed by atoms with Gasteiger partial charge in [0.25, 0.3) is 0 Å².